The number of benzene rings is 1. The first-order valence-corrected chi connectivity index (χ1v) is 7.91. The van der Waals surface area contributed by atoms with Crippen LogP contribution in [0.2, 0.25) is 0 Å². The molecule has 0 spiro atoms. The normalized spacial score (nSPS) is 16.6. The van der Waals surface area contributed by atoms with Gasteiger partial charge >= 0.3 is 0 Å². The minimum absolute atomic E-state index is 0.0223. The van der Waals surface area contributed by atoms with Crippen LogP contribution in [0.15, 0.2) is 24.3 Å². The van der Waals surface area contributed by atoms with Crippen LogP contribution in [0.1, 0.15) is 52.2 Å². The van der Waals surface area contributed by atoms with E-state index in [4.69, 9.17) is 9.47 Å². The molecule has 2 rings (SSSR count). The van der Waals surface area contributed by atoms with Crippen molar-refractivity contribution in [3.8, 4) is 11.5 Å². The number of ether oxygens (including phenoxy) is 2. The van der Waals surface area contributed by atoms with Crippen LogP contribution in [-0.4, -0.2) is 23.9 Å². The quantitative estimate of drug-likeness (QED) is 0.873. The highest BCUT2D eigenvalue weighted by Gasteiger charge is 2.27. The standard InChI is InChI=1S/C19H26O3/c1-6-14-12-19(4,5)22-18-11-17(21-7-2)15(10-16(14)18)13(3)8-9-20/h8,10-12,20H,6-7,9H2,1-5H3/b13-8-. The number of rotatable bonds is 5. The third-order valence-corrected chi connectivity index (χ3v) is 3.83. The van der Waals surface area contributed by atoms with Gasteiger partial charge in [-0.25, -0.2) is 0 Å². The Morgan fingerprint density at radius 3 is 2.64 bits per heavy atom. The smallest absolute Gasteiger partial charge is 0.131 e. The van der Waals surface area contributed by atoms with Crippen molar-refractivity contribution in [1.82, 2.24) is 0 Å². The number of fused-ring (bicyclic) bond motifs is 1. The molecule has 0 radical (unpaired) electrons. The van der Waals surface area contributed by atoms with Crippen molar-refractivity contribution in [1.29, 1.82) is 0 Å². The largest absolute Gasteiger partial charge is 0.493 e. The fraction of sp³-hybridized carbons (Fsp3) is 0.474. The minimum atomic E-state index is -0.306. The van der Waals surface area contributed by atoms with Gasteiger partial charge in [-0.15, -0.1) is 0 Å². The van der Waals surface area contributed by atoms with Gasteiger partial charge in [0, 0.05) is 17.2 Å². The molecule has 0 fully saturated rings. The molecule has 1 N–H and O–H groups in total. The Balaban J connectivity index is 2.61. The molecular formula is C19H26O3. The van der Waals surface area contributed by atoms with E-state index in [-0.39, 0.29) is 12.2 Å². The van der Waals surface area contributed by atoms with Gasteiger partial charge in [0.25, 0.3) is 0 Å². The van der Waals surface area contributed by atoms with E-state index in [2.05, 4.69) is 32.9 Å². The molecule has 1 heterocycles. The highest BCUT2D eigenvalue weighted by molar-refractivity contribution is 5.80. The first-order valence-electron chi connectivity index (χ1n) is 7.91. The molecule has 1 aliphatic heterocycles. The zero-order valence-electron chi connectivity index (χ0n) is 14.2. The number of aliphatic hydroxyl groups is 1. The molecule has 3 heteroatoms. The van der Waals surface area contributed by atoms with Crippen molar-refractivity contribution in [3.63, 3.8) is 0 Å². The van der Waals surface area contributed by atoms with Crippen LogP contribution in [0.5, 0.6) is 11.5 Å². The predicted octanol–water partition coefficient (Wildman–Crippen LogP) is 4.45. The number of aliphatic hydroxyl groups excluding tert-OH is 1. The third kappa shape index (κ3) is 3.36. The van der Waals surface area contributed by atoms with Crippen LogP contribution in [0.25, 0.3) is 11.1 Å². The first kappa shape index (κ1) is 16.6. The van der Waals surface area contributed by atoms with Crippen molar-refractivity contribution in [3.05, 3.63) is 35.4 Å². The van der Waals surface area contributed by atoms with Crippen LogP contribution in [0.3, 0.4) is 0 Å². The van der Waals surface area contributed by atoms with Crippen molar-refractivity contribution in [2.75, 3.05) is 13.2 Å². The molecule has 120 valence electrons. The molecule has 0 amide bonds. The highest BCUT2D eigenvalue weighted by Crippen LogP contribution is 2.42. The molecule has 1 aliphatic rings. The Morgan fingerprint density at radius 2 is 2.05 bits per heavy atom. The van der Waals surface area contributed by atoms with Crippen molar-refractivity contribution in [2.45, 2.75) is 46.6 Å². The second kappa shape index (κ2) is 6.57. The number of hydrogen-bond donors (Lipinski definition) is 1. The van der Waals surface area contributed by atoms with Gasteiger partial charge in [-0.05, 0) is 57.4 Å². The number of allylic oxidation sites excluding steroid dienone is 2. The zero-order valence-corrected chi connectivity index (χ0v) is 14.2. The first-order chi connectivity index (χ1) is 10.4. The van der Waals surface area contributed by atoms with Crippen LogP contribution in [0, 0.1) is 0 Å². The van der Waals surface area contributed by atoms with Crippen molar-refractivity contribution >= 4 is 11.1 Å². The lowest BCUT2D eigenvalue weighted by Gasteiger charge is -2.32. The molecule has 1 aromatic carbocycles. The van der Waals surface area contributed by atoms with E-state index in [1.165, 1.54) is 5.57 Å². The molecular weight excluding hydrogens is 276 g/mol. The van der Waals surface area contributed by atoms with Crippen molar-refractivity contribution < 1.29 is 14.6 Å². The van der Waals surface area contributed by atoms with E-state index in [1.807, 2.05) is 19.9 Å². The second-order valence-electron chi connectivity index (χ2n) is 6.08. The van der Waals surface area contributed by atoms with Crippen LogP contribution in [0.4, 0.5) is 0 Å². The summed E-state index contributed by atoms with van der Waals surface area (Å²) in [5.74, 6) is 1.67. The van der Waals surface area contributed by atoms with Gasteiger partial charge in [-0.3, -0.25) is 0 Å². The van der Waals surface area contributed by atoms with E-state index >= 15 is 0 Å². The summed E-state index contributed by atoms with van der Waals surface area (Å²) in [6, 6.07) is 4.10. The Labute approximate surface area is 133 Å². The highest BCUT2D eigenvalue weighted by atomic mass is 16.5. The summed E-state index contributed by atoms with van der Waals surface area (Å²) < 4.78 is 11.9. The average Bonchev–Trinajstić information content (AvgIpc) is 2.45. The zero-order chi connectivity index (χ0) is 16.3. The molecule has 1 aromatic rings. The minimum Gasteiger partial charge on any atom is -0.493 e. The average molecular weight is 302 g/mol. The molecule has 0 unspecified atom stereocenters. The molecule has 0 saturated heterocycles. The lowest BCUT2D eigenvalue weighted by Crippen LogP contribution is -2.29. The monoisotopic (exact) mass is 302 g/mol. The van der Waals surface area contributed by atoms with Gasteiger partial charge in [0.15, 0.2) is 0 Å². The lowest BCUT2D eigenvalue weighted by atomic mass is 9.90. The Morgan fingerprint density at radius 1 is 1.32 bits per heavy atom. The van der Waals surface area contributed by atoms with Crippen LogP contribution in [-0.2, 0) is 0 Å². The van der Waals surface area contributed by atoms with Gasteiger partial charge in [-0.2, -0.15) is 0 Å². The summed E-state index contributed by atoms with van der Waals surface area (Å²) in [6.07, 6.45) is 4.94. The maximum atomic E-state index is 9.17. The van der Waals surface area contributed by atoms with Gasteiger partial charge in [0.2, 0.25) is 0 Å². The number of hydrogen-bond acceptors (Lipinski definition) is 3. The molecule has 22 heavy (non-hydrogen) atoms. The Bertz CT molecular complexity index is 609. The topological polar surface area (TPSA) is 38.7 Å². The van der Waals surface area contributed by atoms with E-state index in [9.17, 15) is 5.11 Å². The molecule has 0 aliphatic carbocycles. The molecule has 0 atom stereocenters. The van der Waals surface area contributed by atoms with Gasteiger partial charge < -0.3 is 14.6 Å². The maximum Gasteiger partial charge on any atom is 0.131 e. The second-order valence-corrected chi connectivity index (χ2v) is 6.08. The van der Waals surface area contributed by atoms with Crippen molar-refractivity contribution in [2.24, 2.45) is 0 Å². The Hall–Kier alpha value is -1.74. The Kier molecular flexibility index (Phi) is 4.97. The molecule has 3 nitrogen and oxygen atoms in total. The summed E-state index contributed by atoms with van der Waals surface area (Å²) in [5.41, 5.74) is 4.11. The lowest BCUT2D eigenvalue weighted by molar-refractivity contribution is 0.157. The summed E-state index contributed by atoms with van der Waals surface area (Å²) >= 11 is 0. The summed E-state index contributed by atoms with van der Waals surface area (Å²) in [6.45, 7) is 10.9. The van der Waals surface area contributed by atoms with Gasteiger partial charge in [0.05, 0.1) is 13.2 Å². The van der Waals surface area contributed by atoms with Gasteiger partial charge in [-0.1, -0.05) is 13.0 Å². The van der Waals surface area contributed by atoms with E-state index in [0.29, 0.717) is 6.61 Å². The van der Waals surface area contributed by atoms with E-state index in [0.717, 1.165) is 34.6 Å². The molecule has 0 saturated carbocycles. The van der Waals surface area contributed by atoms with Gasteiger partial charge in [0.1, 0.15) is 17.1 Å². The SMILES string of the molecule is CCOc1cc2c(cc1/C(C)=C\CO)C(CC)=CC(C)(C)O2. The molecule has 0 bridgehead atoms. The fourth-order valence-corrected chi connectivity index (χ4v) is 2.83. The molecule has 0 aromatic heterocycles. The maximum absolute atomic E-state index is 9.17. The van der Waals surface area contributed by atoms with E-state index in [1.54, 1.807) is 6.08 Å². The van der Waals surface area contributed by atoms with Crippen LogP contribution >= 0.6 is 0 Å². The summed E-state index contributed by atoms with van der Waals surface area (Å²) in [7, 11) is 0. The van der Waals surface area contributed by atoms with E-state index < -0.39 is 0 Å². The third-order valence-electron chi connectivity index (χ3n) is 3.83. The fourth-order valence-electron chi connectivity index (χ4n) is 2.83. The summed E-state index contributed by atoms with van der Waals surface area (Å²) in [5, 5.41) is 9.17. The summed E-state index contributed by atoms with van der Waals surface area (Å²) in [4.78, 5) is 0. The van der Waals surface area contributed by atoms with Crippen LogP contribution < -0.4 is 9.47 Å². The predicted molar refractivity (Wildman–Crippen MR) is 91.3 cm³/mol.